The van der Waals surface area contributed by atoms with Gasteiger partial charge in [-0.25, -0.2) is 0 Å². The third-order valence-corrected chi connectivity index (χ3v) is 3.48. The summed E-state index contributed by atoms with van der Waals surface area (Å²) in [6, 6.07) is 16.2. The van der Waals surface area contributed by atoms with Crippen molar-refractivity contribution in [3.8, 4) is 0 Å². The summed E-state index contributed by atoms with van der Waals surface area (Å²) in [5.74, 6) is -0.240. The second-order valence-electron chi connectivity index (χ2n) is 5.33. The van der Waals surface area contributed by atoms with E-state index < -0.39 is 6.04 Å². The molecule has 136 valence electrons. The molecule has 0 aromatic heterocycles. The van der Waals surface area contributed by atoms with Crippen LogP contribution in [0.15, 0.2) is 54.6 Å². The van der Waals surface area contributed by atoms with Crippen LogP contribution in [0.4, 0.5) is 5.69 Å². The smallest absolute Gasteiger partial charge is 0.245 e. The molecule has 0 heterocycles. The highest BCUT2D eigenvalue weighted by Gasteiger charge is 2.15. The number of anilines is 1. The molecule has 0 aliphatic rings. The number of ether oxygens (including phenoxy) is 2. The maximum absolute atomic E-state index is 12.3. The van der Waals surface area contributed by atoms with Crippen molar-refractivity contribution in [3.05, 3.63) is 65.7 Å². The third-order valence-electron chi connectivity index (χ3n) is 3.48. The van der Waals surface area contributed by atoms with Gasteiger partial charge in [-0.1, -0.05) is 42.5 Å². The highest BCUT2D eigenvalue weighted by atomic mass is 35.5. The molecule has 0 saturated carbocycles. The van der Waals surface area contributed by atoms with Crippen molar-refractivity contribution < 1.29 is 14.3 Å². The second kappa shape index (κ2) is 11.6. The monoisotopic (exact) mass is 364 g/mol. The van der Waals surface area contributed by atoms with Crippen molar-refractivity contribution in [3.63, 3.8) is 0 Å². The second-order valence-corrected chi connectivity index (χ2v) is 5.33. The number of benzene rings is 2. The Bertz CT molecular complexity index is 638. The summed E-state index contributed by atoms with van der Waals surface area (Å²) < 4.78 is 10.8. The Morgan fingerprint density at radius 3 is 2.52 bits per heavy atom. The van der Waals surface area contributed by atoms with E-state index in [9.17, 15) is 4.79 Å². The lowest BCUT2D eigenvalue weighted by Gasteiger charge is -2.13. The predicted octanol–water partition coefficient (Wildman–Crippen LogP) is 3.30. The Labute approximate surface area is 154 Å². The van der Waals surface area contributed by atoms with Crippen LogP contribution in [-0.4, -0.2) is 25.7 Å². The van der Waals surface area contributed by atoms with E-state index in [2.05, 4.69) is 5.32 Å². The van der Waals surface area contributed by atoms with Gasteiger partial charge in [0.15, 0.2) is 0 Å². The van der Waals surface area contributed by atoms with Crippen molar-refractivity contribution in [2.75, 3.05) is 25.1 Å². The molecule has 6 heteroatoms. The molecule has 2 aromatic carbocycles. The van der Waals surface area contributed by atoms with Crippen LogP contribution >= 0.6 is 12.4 Å². The number of carbonyl (C=O) groups is 1. The first-order valence-electron chi connectivity index (χ1n) is 8.06. The Kier molecular flexibility index (Phi) is 9.80. The quantitative estimate of drug-likeness (QED) is 0.669. The number of nitrogens with one attached hydrogen (secondary N) is 1. The maximum Gasteiger partial charge on any atom is 0.245 e. The van der Waals surface area contributed by atoms with Crippen molar-refractivity contribution in [2.45, 2.75) is 19.6 Å². The molecular weight excluding hydrogens is 340 g/mol. The van der Waals surface area contributed by atoms with E-state index in [-0.39, 0.29) is 18.3 Å². The van der Waals surface area contributed by atoms with Gasteiger partial charge in [-0.2, -0.15) is 0 Å². The zero-order valence-electron chi connectivity index (χ0n) is 14.3. The molecule has 0 bridgehead atoms. The van der Waals surface area contributed by atoms with Gasteiger partial charge >= 0.3 is 0 Å². The van der Waals surface area contributed by atoms with E-state index in [1.165, 1.54) is 0 Å². The summed E-state index contributed by atoms with van der Waals surface area (Å²) in [6.45, 7) is 4.24. The van der Waals surface area contributed by atoms with Crippen molar-refractivity contribution in [2.24, 2.45) is 5.73 Å². The SMILES string of the molecule is CCOCCOCc1cccc(NC(=O)C(N)c2ccccc2)c1.Cl. The number of hydrogen-bond acceptors (Lipinski definition) is 4. The van der Waals surface area contributed by atoms with Crippen molar-refractivity contribution >= 4 is 24.0 Å². The molecule has 0 aliphatic heterocycles. The molecular formula is C19H25ClN2O3. The van der Waals surface area contributed by atoms with Crippen LogP contribution in [0.1, 0.15) is 24.1 Å². The molecule has 0 fully saturated rings. The summed E-state index contributed by atoms with van der Waals surface area (Å²) in [4.78, 5) is 12.3. The number of amides is 1. The van der Waals surface area contributed by atoms with Gasteiger partial charge in [0, 0.05) is 12.3 Å². The molecule has 25 heavy (non-hydrogen) atoms. The van der Waals surface area contributed by atoms with Crippen LogP contribution in [-0.2, 0) is 20.9 Å². The number of halogens is 1. The highest BCUT2D eigenvalue weighted by molar-refractivity contribution is 5.95. The molecule has 2 aromatic rings. The van der Waals surface area contributed by atoms with Crippen LogP contribution in [0, 0.1) is 0 Å². The van der Waals surface area contributed by atoms with Crippen molar-refractivity contribution in [1.29, 1.82) is 0 Å². The lowest BCUT2D eigenvalue weighted by atomic mass is 10.1. The molecule has 0 aliphatic carbocycles. The molecule has 1 atom stereocenters. The largest absolute Gasteiger partial charge is 0.379 e. The fourth-order valence-corrected chi connectivity index (χ4v) is 2.22. The minimum Gasteiger partial charge on any atom is -0.379 e. The van der Waals surface area contributed by atoms with E-state index in [1.807, 2.05) is 61.5 Å². The van der Waals surface area contributed by atoms with Gasteiger partial charge in [0.05, 0.1) is 19.8 Å². The average Bonchev–Trinajstić information content (AvgIpc) is 2.62. The predicted molar refractivity (Wildman–Crippen MR) is 102 cm³/mol. The first-order valence-corrected chi connectivity index (χ1v) is 8.06. The van der Waals surface area contributed by atoms with Gasteiger partial charge in [-0.3, -0.25) is 4.79 Å². The molecule has 2 rings (SSSR count). The van der Waals surface area contributed by atoms with E-state index in [0.717, 1.165) is 11.1 Å². The van der Waals surface area contributed by atoms with Gasteiger partial charge in [0.25, 0.3) is 0 Å². The van der Waals surface area contributed by atoms with Gasteiger partial charge in [-0.05, 0) is 30.2 Å². The number of carbonyl (C=O) groups excluding carboxylic acids is 1. The minimum absolute atomic E-state index is 0. The Morgan fingerprint density at radius 1 is 1.08 bits per heavy atom. The fourth-order valence-electron chi connectivity index (χ4n) is 2.22. The maximum atomic E-state index is 12.3. The molecule has 5 nitrogen and oxygen atoms in total. The average molecular weight is 365 g/mol. The Balaban J connectivity index is 0.00000312. The van der Waals surface area contributed by atoms with Crippen LogP contribution in [0.25, 0.3) is 0 Å². The van der Waals surface area contributed by atoms with Gasteiger partial charge in [-0.15, -0.1) is 12.4 Å². The van der Waals surface area contributed by atoms with Crippen LogP contribution in [0.3, 0.4) is 0 Å². The summed E-state index contributed by atoms with van der Waals surface area (Å²) in [5, 5.41) is 2.85. The molecule has 1 unspecified atom stereocenters. The van der Waals surface area contributed by atoms with E-state index in [4.69, 9.17) is 15.2 Å². The van der Waals surface area contributed by atoms with E-state index >= 15 is 0 Å². The topological polar surface area (TPSA) is 73.6 Å². The lowest BCUT2D eigenvalue weighted by Crippen LogP contribution is -2.27. The first-order chi connectivity index (χ1) is 11.7. The minimum atomic E-state index is -0.697. The Morgan fingerprint density at radius 2 is 1.80 bits per heavy atom. The molecule has 1 amide bonds. The number of nitrogens with two attached hydrogens (primary N) is 1. The van der Waals surface area contributed by atoms with Crippen LogP contribution in [0.5, 0.6) is 0 Å². The zero-order valence-corrected chi connectivity index (χ0v) is 15.1. The van der Waals surface area contributed by atoms with E-state index in [0.29, 0.717) is 32.1 Å². The standard InChI is InChI=1S/C19H24N2O3.ClH/c1-2-23-11-12-24-14-15-7-6-10-17(13-15)21-19(22)18(20)16-8-4-3-5-9-16;/h3-10,13,18H,2,11-12,14,20H2,1H3,(H,21,22);1H. The fraction of sp³-hybridized carbons (Fsp3) is 0.316. The number of hydrogen-bond donors (Lipinski definition) is 2. The normalized spacial score (nSPS) is 11.4. The summed E-state index contributed by atoms with van der Waals surface area (Å²) in [5.41, 5.74) is 8.47. The highest BCUT2D eigenvalue weighted by Crippen LogP contribution is 2.15. The summed E-state index contributed by atoms with van der Waals surface area (Å²) >= 11 is 0. The summed E-state index contributed by atoms with van der Waals surface area (Å²) in [7, 11) is 0. The van der Waals surface area contributed by atoms with Crippen LogP contribution in [0.2, 0.25) is 0 Å². The van der Waals surface area contributed by atoms with Crippen LogP contribution < -0.4 is 11.1 Å². The molecule has 0 radical (unpaired) electrons. The van der Waals surface area contributed by atoms with Gasteiger partial charge in [0.2, 0.25) is 5.91 Å². The molecule has 0 spiro atoms. The van der Waals surface area contributed by atoms with Gasteiger partial charge in [0.1, 0.15) is 6.04 Å². The molecule has 3 N–H and O–H groups in total. The first kappa shape index (κ1) is 21.1. The molecule has 0 saturated heterocycles. The van der Waals surface area contributed by atoms with E-state index in [1.54, 1.807) is 0 Å². The van der Waals surface area contributed by atoms with Gasteiger partial charge < -0.3 is 20.5 Å². The third kappa shape index (κ3) is 7.23. The lowest BCUT2D eigenvalue weighted by molar-refractivity contribution is -0.117. The Hall–Kier alpha value is -1.92. The number of rotatable bonds is 9. The summed E-state index contributed by atoms with van der Waals surface area (Å²) in [6.07, 6.45) is 0. The van der Waals surface area contributed by atoms with Crippen molar-refractivity contribution in [1.82, 2.24) is 0 Å². The zero-order chi connectivity index (χ0) is 17.2.